The van der Waals surface area contributed by atoms with Crippen LogP contribution in [-0.4, -0.2) is 18.7 Å². The lowest BCUT2D eigenvalue weighted by molar-refractivity contribution is -0.216. The zero-order valence-corrected chi connectivity index (χ0v) is 9.43. The largest absolute Gasteiger partial charge is 0.502 e. The van der Waals surface area contributed by atoms with E-state index in [0.717, 1.165) is 12.1 Å². The number of hydrogen-bond donors (Lipinski definition) is 0. The molecule has 0 aliphatic carbocycles. The fourth-order valence-corrected chi connectivity index (χ4v) is 1.06. The van der Waals surface area contributed by atoms with Gasteiger partial charge in [0.2, 0.25) is 0 Å². The van der Waals surface area contributed by atoms with Gasteiger partial charge in [0.1, 0.15) is 11.6 Å². The number of ether oxygens (including phenoxy) is 2. The predicted molar refractivity (Wildman–Crippen MR) is 53.6 cm³/mol. The van der Waals surface area contributed by atoms with Crippen molar-refractivity contribution in [2.75, 3.05) is 6.61 Å². The molecule has 7 heteroatoms. The Balaban J connectivity index is 2.82. The van der Waals surface area contributed by atoms with Crippen molar-refractivity contribution in [2.24, 2.45) is 0 Å². The van der Waals surface area contributed by atoms with Gasteiger partial charge in [-0.25, -0.2) is 9.18 Å². The van der Waals surface area contributed by atoms with Crippen molar-refractivity contribution in [2.45, 2.75) is 13.0 Å². The summed E-state index contributed by atoms with van der Waals surface area (Å²) < 4.78 is 47.2. The molecule has 0 unspecified atom stereocenters. The lowest BCUT2D eigenvalue weighted by Crippen LogP contribution is -2.36. The molecule has 17 heavy (non-hydrogen) atoms. The summed E-state index contributed by atoms with van der Waals surface area (Å²) >= 11 is 5.35. The van der Waals surface area contributed by atoms with Gasteiger partial charge in [-0.05, 0) is 19.1 Å². The Morgan fingerprint density at radius 3 is 2.65 bits per heavy atom. The monoisotopic (exact) mass is 268 g/mol. The molecule has 3 nitrogen and oxygen atoms in total. The van der Waals surface area contributed by atoms with Crippen molar-refractivity contribution < 1.29 is 27.4 Å². The van der Waals surface area contributed by atoms with Crippen LogP contribution >= 0.6 is 11.6 Å². The molecule has 0 fully saturated rings. The number of carbonyl (C=O) groups is 1. The lowest BCUT2D eigenvalue weighted by Gasteiger charge is -2.15. The Morgan fingerprint density at radius 1 is 1.47 bits per heavy atom. The summed E-state index contributed by atoms with van der Waals surface area (Å²) in [6, 6.07) is 2.70. The fraction of sp³-hybridized carbons (Fsp3) is 0.300. The van der Waals surface area contributed by atoms with Gasteiger partial charge in [-0.3, -0.25) is 0 Å². The van der Waals surface area contributed by atoms with Gasteiger partial charge in [-0.2, -0.15) is 8.78 Å². The summed E-state index contributed by atoms with van der Waals surface area (Å²) in [5.74, 6) is -3.29. The van der Waals surface area contributed by atoms with Crippen LogP contribution in [0.4, 0.5) is 13.2 Å². The molecule has 0 aliphatic rings. The minimum absolute atomic E-state index is 0.216. The zero-order valence-electron chi connectivity index (χ0n) is 8.68. The molecule has 0 saturated heterocycles. The van der Waals surface area contributed by atoms with Crippen LogP contribution in [0.15, 0.2) is 18.2 Å². The molecule has 1 aromatic rings. The van der Waals surface area contributed by atoms with Crippen molar-refractivity contribution in [1.29, 1.82) is 0 Å². The van der Waals surface area contributed by atoms with Gasteiger partial charge in [0.05, 0.1) is 11.6 Å². The van der Waals surface area contributed by atoms with Crippen LogP contribution in [0.25, 0.3) is 0 Å². The number of benzene rings is 1. The van der Waals surface area contributed by atoms with E-state index >= 15 is 0 Å². The first-order valence-corrected chi connectivity index (χ1v) is 4.93. The highest BCUT2D eigenvalue weighted by Crippen LogP contribution is 2.26. The van der Waals surface area contributed by atoms with E-state index in [1.165, 1.54) is 6.92 Å². The van der Waals surface area contributed by atoms with Crippen LogP contribution < -0.4 is 4.74 Å². The maximum absolute atomic E-state index is 13.1. The van der Waals surface area contributed by atoms with E-state index in [-0.39, 0.29) is 11.6 Å². The zero-order chi connectivity index (χ0) is 13.1. The SMILES string of the molecule is CCOC(=O)C(F)(F)Oc1ccc(Cl)c(F)c1. The molecule has 0 aliphatic heterocycles. The van der Waals surface area contributed by atoms with Gasteiger partial charge in [0, 0.05) is 6.07 Å². The first-order valence-electron chi connectivity index (χ1n) is 4.56. The molecule has 0 N–H and O–H groups in total. The first kappa shape index (κ1) is 13.6. The highest BCUT2D eigenvalue weighted by Gasteiger charge is 2.44. The summed E-state index contributed by atoms with van der Waals surface area (Å²) in [6.07, 6.45) is -4.17. The molecule has 0 heterocycles. The minimum Gasteiger partial charge on any atom is -0.459 e. The molecule has 0 amide bonds. The van der Waals surface area contributed by atoms with Crippen molar-refractivity contribution >= 4 is 17.6 Å². The van der Waals surface area contributed by atoms with Gasteiger partial charge in [-0.1, -0.05) is 11.6 Å². The highest BCUT2D eigenvalue weighted by molar-refractivity contribution is 6.30. The Labute approximate surface area is 100 Å². The van der Waals surface area contributed by atoms with E-state index in [0.29, 0.717) is 6.07 Å². The minimum atomic E-state index is -4.17. The van der Waals surface area contributed by atoms with Crippen LogP contribution in [0, 0.1) is 5.82 Å². The Morgan fingerprint density at radius 2 is 2.12 bits per heavy atom. The quantitative estimate of drug-likeness (QED) is 0.788. The van der Waals surface area contributed by atoms with Gasteiger partial charge in [-0.15, -0.1) is 0 Å². The molecule has 0 atom stereocenters. The molecule has 0 saturated carbocycles. The maximum atomic E-state index is 13.1. The van der Waals surface area contributed by atoms with Crippen LogP contribution in [0.5, 0.6) is 5.75 Å². The Hall–Kier alpha value is -1.43. The van der Waals surface area contributed by atoms with Crippen molar-refractivity contribution in [3.05, 3.63) is 29.0 Å². The second kappa shape index (κ2) is 5.27. The third kappa shape index (κ3) is 3.52. The normalized spacial score (nSPS) is 11.1. The first-order chi connectivity index (χ1) is 7.86. The number of halogens is 4. The number of rotatable bonds is 4. The molecule has 1 rings (SSSR count). The number of alkyl halides is 2. The molecular weight excluding hydrogens is 261 g/mol. The second-order valence-electron chi connectivity index (χ2n) is 2.92. The van der Waals surface area contributed by atoms with E-state index in [1.807, 2.05) is 0 Å². The molecule has 1 aromatic carbocycles. The van der Waals surface area contributed by atoms with Crippen LogP contribution in [0.1, 0.15) is 6.92 Å². The highest BCUT2D eigenvalue weighted by atomic mass is 35.5. The third-order valence-electron chi connectivity index (χ3n) is 1.65. The number of hydrogen-bond acceptors (Lipinski definition) is 3. The van der Waals surface area contributed by atoms with E-state index in [4.69, 9.17) is 11.6 Å². The average Bonchev–Trinajstić information content (AvgIpc) is 2.23. The van der Waals surface area contributed by atoms with Crippen molar-refractivity contribution in [3.63, 3.8) is 0 Å². The summed E-state index contributed by atoms with van der Waals surface area (Å²) in [5.41, 5.74) is 0. The van der Waals surface area contributed by atoms with Crippen molar-refractivity contribution in [1.82, 2.24) is 0 Å². The predicted octanol–water partition coefficient (Wildman–Crippen LogP) is 3.01. The summed E-state index contributed by atoms with van der Waals surface area (Å²) in [7, 11) is 0. The van der Waals surface area contributed by atoms with Gasteiger partial charge in [0.25, 0.3) is 0 Å². The Bertz CT molecular complexity index is 423. The summed E-state index contributed by atoms with van der Waals surface area (Å²) in [5, 5.41) is -0.239. The topological polar surface area (TPSA) is 35.5 Å². The molecule has 94 valence electrons. The van der Waals surface area contributed by atoms with Crippen molar-refractivity contribution in [3.8, 4) is 5.75 Å². The van der Waals surface area contributed by atoms with Crippen LogP contribution in [0.2, 0.25) is 5.02 Å². The molecular formula is C10H8ClF3O3. The van der Waals surface area contributed by atoms with E-state index < -0.39 is 23.6 Å². The van der Waals surface area contributed by atoms with Gasteiger partial charge in [0.15, 0.2) is 0 Å². The van der Waals surface area contributed by atoms with E-state index in [2.05, 4.69) is 9.47 Å². The average molecular weight is 269 g/mol. The molecule has 0 spiro atoms. The Kier molecular flexibility index (Phi) is 4.22. The number of carbonyl (C=O) groups excluding carboxylic acids is 1. The van der Waals surface area contributed by atoms with Crippen LogP contribution in [-0.2, 0) is 9.53 Å². The van der Waals surface area contributed by atoms with Gasteiger partial charge < -0.3 is 9.47 Å². The van der Waals surface area contributed by atoms with E-state index in [9.17, 15) is 18.0 Å². The lowest BCUT2D eigenvalue weighted by atomic mass is 10.3. The molecule has 0 aromatic heterocycles. The smallest absolute Gasteiger partial charge is 0.459 e. The van der Waals surface area contributed by atoms with Gasteiger partial charge >= 0.3 is 12.1 Å². The van der Waals surface area contributed by atoms with E-state index in [1.54, 1.807) is 0 Å². The van der Waals surface area contributed by atoms with Crippen LogP contribution in [0.3, 0.4) is 0 Å². The fourth-order valence-electron chi connectivity index (χ4n) is 0.945. The summed E-state index contributed by atoms with van der Waals surface area (Å²) in [4.78, 5) is 10.8. The summed E-state index contributed by atoms with van der Waals surface area (Å²) in [6.45, 7) is 1.16. The molecule has 0 bridgehead atoms. The third-order valence-corrected chi connectivity index (χ3v) is 1.96. The number of esters is 1. The standard InChI is InChI=1S/C10H8ClF3O3/c1-2-16-9(15)10(13,14)17-6-3-4-7(11)8(12)5-6/h3-5H,2H2,1H3. The maximum Gasteiger partial charge on any atom is 0.502 e. The molecule has 0 radical (unpaired) electrons. The second-order valence-corrected chi connectivity index (χ2v) is 3.32.